The van der Waals surface area contributed by atoms with E-state index in [1.54, 1.807) is 30.3 Å². The molecular weight excluding hydrogens is 438 g/mol. The van der Waals surface area contributed by atoms with E-state index in [1.807, 2.05) is 30.9 Å². The van der Waals surface area contributed by atoms with Crippen molar-refractivity contribution in [3.8, 4) is 0 Å². The van der Waals surface area contributed by atoms with Gasteiger partial charge >= 0.3 is 0 Å². The number of carbonyl (C=O) groups is 2. The van der Waals surface area contributed by atoms with E-state index in [9.17, 15) is 18.0 Å². The quantitative estimate of drug-likeness (QED) is 0.559. The van der Waals surface area contributed by atoms with E-state index < -0.39 is 10.0 Å². The van der Waals surface area contributed by atoms with Gasteiger partial charge in [0.25, 0.3) is 5.91 Å². The second-order valence-electron chi connectivity index (χ2n) is 9.09. The highest BCUT2D eigenvalue weighted by atomic mass is 32.2. The molecule has 2 aromatic carbocycles. The van der Waals surface area contributed by atoms with Crippen molar-refractivity contribution >= 4 is 21.8 Å². The Morgan fingerprint density at radius 3 is 2.27 bits per heavy atom. The van der Waals surface area contributed by atoms with E-state index in [0.29, 0.717) is 18.2 Å². The average Bonchev–Trinajstić information content (AvgIpc) is 3.69. The third kappa shape index (κ3) is 6.21. The Hall–Kier alpha value is -2.71. The molecule has 2 N–H and O–H groups in total. The van der Waals surface area contributed by atoms with Gasteiger partial charge in [0.2, 0.25) is 15.9 Å². The first-order valence-electron chi connectivity index (χ1n) is 11.5. The number of hydrogen-bond acceptors (Lipinski definition) is 4. The standard InChI is InChI=1S/C25H31N3O4S/c1-17-3-12-23(15-18(17)2)33(31,32)26-14-13-24(29)28(22-10-11-22)16-19-4-6-20(7-5-19)25(30)27-21-8-9-21/h3-7,12,15,21-22,26H,8-11,13-14,16H2,1-2H3,(H,27,30). The summed E-state index contributed by atoms with van der Waals surface area (Å²) in [4.78, 5) is 27.1. The minimum absolute atomic E-state index is 0.0532. The van der Waals surface area contributed by atoms with Gasteiger partial charge < -0.3 is 10.2 Å². The number of amides is 2. The van der Waals surface area contributed by atoms with Gasteiger partial charge in [-0.2, -0.15) is 0 Å². The minimum Gasteiger partial charge on any atom is -0.349 e. The molecule has 2 aliphatic rings. The Bertz CT molecular complexity index is 1140. The number of hydrogen-bond donors (Lipinski definition) is 2. The molecule has 2 aromatic rings. The van der Waals surface area contributed by atoms with Crippen LogP contribution in [0.1, 0.15) is 59.2 Å². The second-order valence-corrected chi connectivity index (χ2v) is 10.9. The third-order valence-electron chi connectivity index (χ3n) is 6.21. The van der Waals surface area contributed by atoms with Crippen molar-refractivity contribution < 1.29 is 18.0 Å². The predicted molar refractivity (Wildman–Crippen MR) is 126 cm³/mol. The topological polar surface area (TPSA) is 95.6 Å². The van der Waals surface area contributed by atoms with Crippen LogP contribution in [0, 0.1) is 13.8 Å². The molecule has 7 nitrogen and oxygen atoms in total. The van der Waals surface area contributed by atoms with Crippen LogP contribution in [0.4, 0.5) is 0 Å². The van der Waals surface area contributed by atoms with E-state index in [2.05, 4.69) is 10.0 Å². The second kappa shape index (κ2) is 9.65. The van der Waals surface area contributed by atoms with Crippen LogP contribution in [0.15, 0.2) is 47.4 Å². The summed E-state index contributed by atoms with van der Waals surface area (Å²) in [6.07, 6.45) is 4.11. The minimum atomic E-state index is -3.66. The van der Waals surface area contributed by atoms with Gasteiger partial charge in [-0.1, -0.05) is 18.2 Å². The molecule has 0 aliphatic heterocycles. The van der Waals surface area contributed by atoms with Crippen LogP contribution in [0.2, 0.25) is 0 Å². The van der Waals surface area contributed by atoms with E-state index in [4.69, 9.17) is 0 Å². The van der Waals surface area contributed by atoms with Crippen LogP contribution >= 0.6 is 0 Å². The molecular formula is C25H31N3O4S. The number of sulfonamides is 1. The summed E-state index contributed by atoms with van der Waals surface area (Å²) in [5.74, 6) is -0.133. The maximum absolute atomic E-state index is 12.9. The zero-order valence-corrected chi connectivity index (χ0v) is 20.0. The maximum atomic E-state index is 12.9. The summed E-state index contributed by atoms with van der Waals surface area (Å²) in [6.45, 7) is 4.31. The number of nitrogens with zero attached hydrogens (tertiary/aromatic N) is 1. The highest BCUT2D eigenvalue weighted by Gasteiger charge is 2.32. The van der Waals surface area contributed by atoms with Crippen LogP contribution in [-0.2, 0) is 21.4 Å². The molecule has 0 atom stereocenters. The van der Waals surface area contributed by atoms with E-state index in [-0.39, 0.29) is 35.7 Å². The van der Waals surface area contributed by atoms with Gasteiger partial charge in [-0.3, -0.25) is 9.59 Å². The van der Waals surface area contributed by atoms with Crippen LogP contribution in [0.3, 0.4) is 0 Å². The maximum Gasteiger partial charge on any atom is 0.251 e. The number of benzene rings is 2. The van der Waals surface area contributed by atoms with Gasteiger partial charge in [0.05, 0.1) is 4.90 Å². The highest BCUT2D eigenvalue weighted by molar-refractivity contribution is 7.89. The molecule has 0 spiro atoms. The lowest BCUT2D eigenvalue weighted by molar-refractivity contribution is -0.132. The summed E-state index contributed by atoms with van der Waals surface area (Å²) in [5, 5.41) is 2.97. The summed E-state index contributed by atoms with van der Waals surface area (Å²) in [7, 11) is -3.66. The molecule has 2 aliphatic carbocycles. The summed E-state index contributed by atoms with van der Waals surface area (Å²) >= 11 is 0. The highest BCUT2D eigenvalue weighted by Crippen LogP contribution is 2.29. The monoisotopic (exact) mass is 469 g/mol. The normalized spacial score (nSPS) is 15.8. The molecule has 0 heterocycles. The van der Waals surface area contributed by atoms with E-state index in [0.717, 1.165) is 42.4 Å². The molecule has 176 valence electrons. The predicted octanol–water partition coefficient (Wildman–Crippen LogP) is 3.06. The van der Waals surface area contributed by atoms with Gasteiger partial charge in [0, 0.05) is 37.2 Å². The van der Waals surface area contributed by atoms with Crippen LogP contribution < -0.4 is 10.0 Å². The molecule has 0 bridgehead atoms. The number of aryl methyl sites for hydroxylation is 2. The molecule has 8 heteroatoms. The van der Waals surface area contributed by atoms with Gasteiger partial charge in [-0.15, -0.1) is 0 Å². The first kappa shape index (κ1) is 23.4. The molecule has 0 unspecified atom stereocenters. The average molecular weight is 470 g/mol. The molecule has 2 saturated carbocycles. The molecule has 0 saturated heterocycles. The summed E-state index contributed by atoms with van der Waals surface area (Å²) < 4.78 is 27.7. The van der Waals surface area contributed by atoms with Crippen molar-refractivity contribution in [3.05, 3.63) is 64.7 Å². The van der Waals surface area contributed by atoms with Crippen LogP contribution in [-0.4, -0.2) is 43.8 Å². The van der Waals surface area contributed by atoms with Crippen molar-refractivity contribution in [2.75, 3.05) is 6.54 Å². The molecule has 0 aromatic heterocycles. The SMILES string of the molecule is Cc1ccc(S(=O)(=O)NCCC(=O)N(Cc2ccc(C(=O)NC3CC3)cc2)C2CC2)cc1C. The van der Waals surface area contributed by atoms with Gasteiger partial charge in [-0.25, -0.2) is 13.1 Å². The van der Waals surface area contributed by atoms with Gasteiger partial charge in [0.15, 0.2) is 0 Å². The lowest BCUT2D eigenvalue weighted by Gasteiger charge is -2.23. The Kier molecular flexibility index (Phi) is 6.86. The molecule has 0 radical (unpaired) electrons. The fourth-order valence-corrected chi connectivity index (χ4v) is 4.78. The van der Waals surface area contributed by atoms with E-state index >= 15 is 0 Å². The van der Waals surface area contributed by atoms with Crippen LogP contribution in [0.5, 0.6) is 0 Å². The Morgan fingerprint density at radius 1 is 0.970 bits per heavy atom. The molecule has 2 amide bonds. The summed E-state index contributed by atoms with van der Waals surface area (Å²) in [5.41, 5.74) is 3.51. The number of rotatable bonds is 10. The Labute approximate surface area is 195 Å². The Balaban J connectivity index is 1.32. The van der Waals surface area contributed by atoms with Crippen LogP contribution in [0.25, 0.3) is 0 Å². The lowest BCUT2D eigenvalue weighted by Crippen LogP contribution is -2.35. The Morgan fingerprint density at radius 2 is 1.67 bits per heavy atom. The summed E-state index contributed by atoms with van der Waals surface area (Å²) in [6, 6.07) is 12.9. The zero-order valence-electron chi connectivity index (χ0n) is 19.1. The van der Waals surface area contributed by atoms with Crippen molar-refractivity contribution in [1.29, 1.82) is 0 Å². The van der Waals surface area contributed by atoms with Gasteiger partial charge in [-0.05, 0) is 80.5 Å². The van der Waals surface area contributed by atoms with Crippen molar-refractivity contribution in [1.82, 2.24) is 14.9 Å². The largest absolute Gasteiger partial charge is 0.349 e. The third-order valence-corrected chi connectivity index (χ3v) is 7.67. The first-order chi connectivity index (χ1) is 15.7. The van der Waals surface area contributed by atoms with E-state index in [1.165, 1.54) is 0 Å². The van der Waals surface area contributed by atoms with Crippen molar-refractivity contribution in [2.45, 2.75) is 69.5 Å². The molecule has 33 heavy (non-hydrogen) atoms. The lowest BCUT2D eigenvalue weighted by atomic mass is 10.1. The molecule has 2 fully saturated rings. The first-order valence-corrected chi connectivity index (χ1v) is 13.0. The molecule has 4 rings (SSSR count). The van der Waals surface area contributed by atoms with Gasteiger partial charge in [0.1, 0.15) is 0 Å². The number of nitrogens with one attached hydrogen (secondary N) is 2. The smallest absolute Gasteiger partial charge is 0.251 e. The fraction of sp³-hybridized carbons (Fsp3) is 0.440. The van der Waals surface area contributed by atoms with Crippen molar-refractivity contribution in [2.24, 2.45) is 0 Å². The van der Waals surface area contributed by atoms with Crippen molar-refractivity contribution in [3.63, 3.8) is 0 Å². The zero-order chi connectivity index (χ0) is 23.6. The number of carbonyl (C=O) groups excluding carboxylic acids is 2. The fourth-order valence-electron chi connectivity index (χ4n) is 3.66.